The number of benzene rings is 1. The highest BCUT2D eigenvalue weighted by Crippen LogP contribution is 2.24. The van der Waals surface area contributed by atoms with Crippen molar-refractivity contribution >= 4 is 11.8 Å². The Balaban J connectivity index is 1.71. The predicted molar refractivity (Wildman–Crippen MR) is 95.7 cm³/mol. The highest BCUT2D eigenvalue weighted by Gasteiger charge is 2.34. The van der Waals surface area contributed by atoms with Crippen LogP contribution in [0.2, 0.25) is 0 Å². The Morgan fingerprint density at radius 1 is 1.16 bits per heavy atom. The van der Waals surface area contributed by atoms with Gasteiger partial charge in [0.2, 0.25) is 11.8 Å². The van der Waals surface area contributed by atoms with Crippen LogP contribution in [0, 0.1) is 0 Å². The minimum atomic E-state index is -0.430. The van der Waals surface area contributed by atoms with E-state index in [0.29, 0.717) is 25.9 Å². The number of hydrogen-bond acceptors (Lipinski definition) is 3. The van der Waals surface area contributed by atoms with Gasteiger partial charge < -0.3 is 9.80 Å². The van der Waals surface area contributed by atoms with Crippen LogP contribution in [0.5, 0.6) is 0 Å². The highest BCUT2D eigenvalue weighted by atomic mass is 16.2. The van der Waals surface area contributed by atoms with E-state index in [9.17, 15) is 9.59 Å². The molecule has 0 radical (unpaired) electrons. The number of aromatic nitrogens is 1. The lowest BCUT2D eigenvalue weighted by Crippen LogP contribution is -2.52. The molecular formula is C20H23N3O2. The van der Waals surface area contributed by atoms with Crippen molar-refractivity contribution in [2.75, 3.05) is 13.6 Å². The number of fused-ring (bicyclic) bond motifs is 1. The molecule has 1 aliphatic rings. The Morgan fingerprint density at radius 2 is 1.88 bits per heavy atom. The molecule has 2 aromatic rings. The van der Waals surface area contributed by atoms with E-state index in [0.717, 1.165) is 16.8 Å². The zero-order valence-corrected chi connectivity index (χ0v) is 14.7. The summed E-state index contributed by atoms with van der Waals surface area (Å²) in [7, 11) is 1.80. The number of likely N-dealkylation sites (N-methyl/N-ethyl adjacent to an activating group) is 1. The van der Waals surface area contributed by atoms with Gasteiger partial charge in [0.05, 0.1) is 0 Å². The van der Waals surface area contributed by atoms with Crippen molar-refractivity contribution in [2.24, 2.45) is 0 Å². The Labute approximate surface area is 148 Å². The van der Waals surface area contributed by atoms with Crippen LogP contribution in [-0.2, 0) is 29.0 Å². The summed E-state index contributed by atoms with van der Waals surface area (Å²) in [5, 5.41) is 0. The minimum absolute atomic E-state index is 0.0133. The number of carbonyl (C=O) groups is 2. The predicted octanol–water partition coefficient (Wildman–Crippen LogP) is 2.06. The Bertz CT molecular complexity index is 761. The molecule has 0 spiro atoms. The summed E-state index contributed by atoms with van der Waals surface area (Å²) in [4.78, 5) is 32.7. The first-order valence-electron chi connectivity index (χ1n) is 8.55. The van der Waals surface area contributed by atoms with E-state index in [2.05, 4.69) is 4.98 Å². The summed E-state index contributed by atoms with van der Waals surface area (Å²) in [6.45, 7) is 2.61. The van der Waals surface area contributed by atoms with E-state index in [1.807, 2.05) is 42.5 Å². The fourth-order valence-electron chi connectivity index (χ4n) is 3.27. The molecular weight excluding hydrogens is 314 g/mol. The molecule has 1 aromatic heterocycles. The van der Waals surface area contributed by atoms with Crippen LogP contribution in [0.4, 0.5) is 0 Å². The van der Waals surface area contributed by atoms with Gasteiger partial charge in [0, 0.05) is 51.8 Å². The van der Waals surface area contributed by atoms with Crippen molar-refractivity contribution in [3.63, 3.8) is 0 Å². The summed E-state index contributed by atoms with van der Waals surface area (Å²) >= 11 is 0. The zero-order valence-electron chi connectivity index (χ0n) is 14.7. The molecule has 0 bridgehead atoms. The molecule has 0 unspecified atom stereocenters. The minimum Gasteiger partial charge on any atom is -0.344 e. The van der Waals surface area contributed by atoms with Gasteiger partial charge in [0.15, 0.2) is 0 Å². The van der Waals surface area contributed by atoms with E-state index in [1.165, 1.54) is 6.92 Å². The van der Waals surface area contributed by atoms with Crippen LogP contribution in [0.25, 0.3) is 0 Å². The summed E-state index contributed by atoms with van der Waals surface area (Å²) in [6, 6.07) is 13.4. The van der Waals surface area contributed by atoms with Crippen LogP contribution < -0.4 is 0 Å². The molecule has 0 saturated carbocycles. The second-order valence-electron chi connectivity index (χ2n) is 6.47. The molecule has 1 aliphatic heterocycles. The summed E-state index contributed by atoms with van der Waals surface area (Å²) in [5.74, 6) is -0.0772. The van der Waals surface area contributed by atoms with E-state index < -0.39 is 6.04 Å². The first kappa shape index (κ1) is 17.1. The van der Waals surface area contributed by atoms with Gasteiger partial charge >= 0.3 is 0 Å². The van der Waals surface area contributed by atoms with E-state index in [1.54, 1.807) is 23.0 Å². The van der Waals surface area contributed by atoms with E-state index >= 15 is 0 Å². The molecule has 0 fully saturated rings. The molecule has 5 nitrogen and oxygen atoms in total. The third kappa shape index (κ3) is 3.87. The van der Waals surface area contributed by atoms with Crippen molar-refractivity contribution in [1.29, 1.82) is 0 Å². The lowest BCUT2D eigenvalue weighted by molar-refractivity contribution is -0.145. The summed E-state index contributed by atoms with van der Waals surface area (Å²) in [6.07, 6.45) is 3.03. The molecule has 25 heavy (non-hydrogen) atoms. The van der Waals surface area contributed by atoms with Gasteiger partial charge in [-0.05, 0) is 23.3 Å². The van der Waals surface area contributed by atoms with Crippen LogP contribution in [0.3, 0.4) is 0 Å². The van der Waals surface area contributed by atoms with Gasteiger partial charge in [-0.2, -0.15) is 0 Å². The molecule has 1 aromatic carbocycles. The van der Waals surface area contributed by atoms with Gasteiger partial charge in [-0.1, -0.05) is 30.3 Å². The van der Waals surface area contributed by atoms with Gasteiger partial charge in [-0.3, -0.25) is 14.6 Å². The van der Waals surface area contributed by atoms with Gasteiger partial charge in [-0.25, -0.2) is 0 Å². The lowest BCUT2D eigenvalue weighted by Gasteiger charge is -2.37. The number of carbonyl (C=O) groups excluding carboxylic acids is 2. The fourth-order valence-corrected chi connectivity index (χ4v) is 3.27. The van der Waals surface area contributed by atoms with Crippen LogP contribution in [0.1, 0.15) is 23.7 Å². The van der Waals surface area contributed by atoms with E-state index in [-0.39, 0.29) is 11.8 Å². The molecule has 0 N–H and O–H groups in total. The van der Waals surface area contributed by atoms with Crippen molar-refractivity contribution < 1.29 is 9.59 Å². The Hall–Kier alpha value is -2.69. The average molecular weight is 337 g/mol. The molecule has 0 saturated heterocycles. The number of rotatable bonds is 4. The molecule has 2 heterocycles. The number of hydrogen-bond donors (Lipinski definition) is 0. The smallest absolute Gasteiger partial charge is 0.245 e. The highest BCUT2D eigenvalue weighted by molar-refractivity contribution is 5.87. The monoisotopic (exact) mass is 337 g/mol. The molecule has 0 aliphatic carbocycles. The molecule has 2 amide bonds. The maximum absolute atomic E-state index is 13.0. The Morgan fingerprint density at radius 3 is 2.56 bits per heavy atom. The molecule has 3 rings (SSSR count). The maximum atomic E-state index is 13.0. The largest absolute Gasteiger partial charge is 0.344 e. The van der Waals surface area contributed by atoms with Gasteiger partial charge in [0.25, 0.3) is 0 Å². The van der Waals surface area contributed by atoms with Crippen molar-refractivity contribution in [3.05, 3.63) is 65.5 Å². The van der Waals surface area contributed by atoms with Crippen LogP contribution in [0.15, 0.2) is 48.7 Å². The van der Waals surface area contributed by atoms with Crippen molar-refractivity contribution in [2.45, 2.75) is 32.4 Å². The fraction of sp³-hybridized carbons (Fsp3) is 0.350. The maximum Gasteiger partial charge on any atom is 0.245 e. The second-order valence-corrected chi connectivity index (χ2v) is 6.47. The number of nitrogens with zero attached hydrogens (tertiary/aromatic N) is 3. The molecule has 130 valence electrons. The second kappa shape index (κ2) is 7.47. The SMILES string of the molecule is CC(=O)N1Cc2ccccc2C[C@H]1C(=O)N(C)CCc1ccccn1. The zero-order chi connectivity index (χ0) is 17.8. The Kier molecular flexibility index (Phi) is 5.12. The van der Waals surface area contributed by atoms with E-state index in [4.69, 9.17) is 0 Å². The third-order valence-electron chi connectivity index (χ3n) is 4.74. The first-order chi connectivity index (χ1) is 12.1. The third-order valence-corrected chi connectivity index (χ3v) is 4.74. The standard InChI is InChI=1S/C20H23N3O2/c1-15(24)23-14-17-8-4-3-7-16(17)13-19(23)20(25)22(2)12-10-18-9-5-6-11-21-18/h3-9,11,19H,10,12-14H2,1-2H3/t19-/m0/s1. The number of amides is 2. The van der Waals surface area contributed by atoms with Crippen molar-refractivity contribution in [3.8, 4) is 0 Å². The van der Waals surface area contributed by atoms with Gasteiger partial charge in [0.1, 0.15) is 6.04 Å². The quantitative estimate of drug-likeness (QED) is 0.858. The topological polar surface area (TPSA) is 53.5 Å². The van der Waals surface area contributed by atoms with Crippen molar-refractivity contribution in [1.82, 2.24) is 14.8 Å². The average Bonchev–Trinajstić information content (AvgIpc) is 2.65. The molecule has 1 atom stereocenters. The first-order valence-corrected chi connectivity index (χ1v) is 8.55. The number of pyridine rings is 1. The normalized spacial score (nSPS) is 16.2. The lowest BCUT2D eigenvalue weighted by atomic mass is 9.93. The van der Waals surface area contributed by atoms with Crippen LogP contribution >= 0.6 is 0 Å². The molecule has 5 heteroatoms. The summed E-state index contributed by atoms with van der Waals surface area (Å²) < 4.78 is 0. The van der Waals surface area contributed by atoms with Crippen LogP contribution in [-0.4, -0.2) is 46.2 Å². The van der Waals surface area contributed by atoms with Gasteiger partial charge in [-0.15, -0.1) is 0 Å². The summed E-state index contributed by atoms with van der Waals surface area (Å²) in [5.41, 5.74) is 3.23.